The van der Waals surface area contributed by atoms with Crippen molar-refractivity contribution in [3.63, 3.8) is 0 Å². The predicted octanol–water partition coefficient (Wildman–Crippen LogP) is 3.49. The minimum atomic E-state index is -0.491. The van der Waals surface area contributed by atoms with Crippen molar-refractivity contribution in [1.29, 1.82) is 5.26 Å². The molecule has 1 heterocycles. The first kappa shape index (κ1) is 12.4. The molecule has 20 heavy (non-hydrogen) atoms. The molecule has 3 aromatic rings. The lowest BCUT2D eigenvalue weighted by Gasteiger charge is -2.08. The van der Waals surface area contributed by atoms with E-state index in [9.17, 15) is 4.39 Å². The maximum atomic E-state index is 13.6. The zero-order valence-corrected chi connectivity index (χ0v) is 10.5. The first-order valence-corrected chi connectivity index (χ1v) is 6.12. The highest BCUT2D eigenvalue weighted by Crippen LogP contribution is 2.28. The minimum absolute atomic E-state index is 0.214. The van der Waals surface area contributed by atoms with Crippen molar-refractivity contribution in [3.8, 4) is 6.07 Å². The zero-order chi connectivity index (χ0) is 14.1. The van der Waals surface area contributed by atoms with Crippen LogP contribution in [-0.4, -0.2) is 0 Å². The molecule has 1 atom stereocenters. The van der Waals surface area contributed by atoms with Gasteiger partial charge in [0.25, 0.3) is 0 Å². The van der Waals surface area contributed by atoms with Gasteiger partial charge in [0.15, 0.2) is 11.4 Å². The molecule has 0 saturated heterocycles. The third kappa shape index (κ3) is 2.04. The molecule has 2 N–H and O–H groups in total. The lowest BCUT2D eigenvalue weighted by atomic mass is 10.0. The van der Waals surface area contributed by atoms with Gasteiger partial charge in [-0.3, -0.25) is 0 Å². The number of hydrogen-bond donors (Lipinski definition) is 1. The molecule has 0 saturated carbocycles. The molecule has 1 unspecified atom stereocenters. The average molecular weight is 266 g/mol. The number of furan rings is 1. The third-order valence-electron chi connectivity index (χ3n) is 3.22. The standard InChI is InChI=1S/C16H11FN2O/c17-13-3-1-2-12-8-14(20-16(12)13)15(19)11-6-4-10(9-18)5-7-11/h1-8,15H,19H2. The summed E-state index contributed by atoms with van der Waals surface area (Å²) >= 11 is 0. The second kappa shape index (κ2) is 4.80. The van der Waals surface area contributed by atoms with Gasteiger partial charge >= 0.3 is 0 Å². The Morgan fingerprint density at radius 3 is 2.55 bits per heavy atom. The van der Waals surface area contributed by atoms with E-state index in [-0.39, 0.29) is 5.58 Å². The Kier molecular flexibility index (Phi) is 2.97. The quantitative estimate of drug-likeness (QED) is 0.772. The van der Waals surface area contributed by atoms with Crippen LogP contribution < -0.4 is 5.73 Å². The number of nitriles is 1. The largest absolute Gasteiger partial charge is 0.456 e. The van der Waals surface area contributed by atoms with Gasteiger partial charge in [0, 0.05) is 5.39 Å². The fourth-order valence-electron chi connectivity index (χ4n) is 2.13. The molecule has 0 fully saturated rings. The van der Waals surface area contributed by atoms with Crippen molar-refractivity contribution in [1.82, 2.24) is 0 Å². The van der Waals surface area contributed by atoms with E-state index in [1.807, 2.05) is 6.07 Å². The molecule has 4 heteroatoms. The van der Waals surface area contributed by atoms with Crippen LogP contribution in [0.3, 0.4) is 0 Å². The van der Waals surface area contributed by atoms with Crippen LogP contribution in [0.1, 0.15) is 22.9 Å². The van der Waals surface area contributed by atoms with Crippen LogP contribution in [-0.2, 0) is 0 Å². The van der Waals surface area contributed by atoms with Gasteiger partial charge < -0.3 is 10.2 Å². The Morgan fingerprint density at radius 1 is 1.15 bits per heavy atom. The summed E-state index contributed by atoms with van der Waals surface area (Å²) in [5, 5.41) is 9.45. The highest BCUT2D eigenvalue weighted by Gasteiger charge is 2.15. The molecule has 0 radical (unpaired) electrons. The van der Waals surface area contributed by atoms with Crippen molar-refractivity contribution < 1.29 is 8.81 Å². The van der Waals surface area contributed by atoms with Crippen LogP contribution in [0, 0.1) is 17.1 Å². The summed E-state index contributed by atoms with van der Waals surface area (Å²) in [5.74, 6) is 0.0931. The van der Waals surface area contributed by atoms with Gasteiger partial charge in [0.2, 0.25) is 0 Å². The predicted molar refractivity (Wildman–Crippen MR) is 73.4 cm³/mol. The van der Waals surface area contributed by atoms with Gasteiger partial charge in [-0.25, -0.2) is 4.39 Å². The Bertz CT molecular complexity index is 799. The molecular formula is C16H11FN2O. The first-order chi connectivity index (χ1) is 9.69. The van der Waals surface area contributed by atoms with Crippen molar-refractivity contribution in [2.75, 3.05) is 0 Å². The number of para-hydroxylation sites is 1. The SMILES string of the molecule is N#Cc1ccc(C(N)c2cc3cccc(F)c3o2)cc1. The summed E-state index contributed by atoms with van der Waals surface area (Å²) in [7, 11) is 0. The van der Waals surface area contributed by atoms with E-state index in [0.29, 0.717) is 16.7 Å². The Labute approximate surface area is 115 Å². The van der Waals surface area contributed by atoms with E-state index in [2.05, 4.69) is 0 Å². The van der Waals surface area contributed by atoms with E-state index in [1.165, 1.54) is 6.07 Å². The smallest absolute Gasteiger partial charge is 0.169 e. The summed E-state index contributed by atoms with van der Waals surface area (Å²) in [5.41, 5.74) is 7.71. The van der Waals surface area contributed by atoms with E-state index in [0.717, 1.165) is 5.56 Å². The van der Waals surface area contributed by atoms with E-state index in [4.69, 9.17) is 15.4 Å². The molecule has 3 rings (SSSR count). The summed E-state index contributed by atoms with van der Waals surface area (Å²) < 4.78 is 19.1. The molecule has 0 amide bonds. The number of fused-ring (bicyclic) bond motifs is 1. The summed E-state index contributed by atoms with van der Waals surface area (Å²) in [6.45, 7) is 0. The van der Waals surface area contributed by atoms with Crippen molar-refractivity contribution in [2.45, 2.75) is 6.04 Å². The number of nitrogens with zero attached hydrogens (tertiary/aromatic N) is 1. The highest BCUT2D eigenvalue weighted by atomic mass is 19.1. The minimum Gasteiger partial charge on any atom is -0.456 e. The van der Waals surface area contributed by atoms with Gasteiger partial charge in [-0.05, 0) is 29.8 Å². The normalized spacial score (nSPS) is 12.2. The lowest BCUT2D eigenvalue weighted by Crippen LogP contribution is -2.10. The van der Waals surface area contributed by atoms with Crippen LogP contribution >= 0.6 is 0 Å². The topological polar surface area (TPSA) is 63.0 Å². The monoisotopic (exact) mass is 266 g/mol. The van der Waals surface area contributed by atoms with Gasteiger partial charge in [0.05, 0.1) is 17.7 Å². The Morgan fingerprint density at radius 2 is 1.90 bits per heavy atom. The van der Waals surface area contributed by atoms with Crippen LogP contribution in [0.25, 0.3) is 11.0 Å². The van der Waals surface area contributed by atoms with Crippen molar-refractivity contribution >= 4 is 11.0 Å². The number of halogens is 1. The van der Waals surface area contributed by atoms with Gasteiger partial charge in [-0.15, -0.1) is 0 Å². The summed E-state index contributed by atoms with van der Waals surface area (Å²) in [4.78, 5) is 0. The van der Waals surface area contributed by atoms with Crippen LogP contribution in [0.2, 0.25) is 0 Å². The maximum absolute atomic E-state index is 13.6. The number of hydrogen-bond acceptors (Lipinski definition) is 3. The van der Waals surface area contributed by atoms with Crippen LogP contribution in [0.15, 0.2) is 52.9 Å². The Balaban J connectivity index is 2.01. The van der Waals surface area contributed by atoms with E-state index >= 15 is 0 Å². The molecule has 3 nitrogen and oxygen atoms in total. The van der Waals surface area contributed by atoms with Crippen molar-refractivity contribution in [2.24, 2.45) is 5.73 Å². The van der Waals surface area contributed by atoms with E-state index < -0.39 is 11.9 Å². The lowest BCUT2D eigenvalue weighted by molar-refractivity contribution is 0.502. The summed E-state index contributed by atoms with van der Waals surface area (Å²) in [6.07, 6.45) is 0. The number of benzene rings is 2. The summed E-state index contributed by atoms with van der Waals surface area (Å²) in [6, 6.07) is 15.0. The van der Waals surface area contributed by atoms with Gasteiger partial charge in [-0.1, -0.05) is 24.3 Å². The molecule has 0 aliphatic heterocycles. The van der Waals surface area contributed by atoms with E-state index in [1.54, 1.807) is 42.5 Å². The molecule has 98 valence electrons. The Hall–Kier alpha value is -2.64. The van der Waals surface area contributed by atoms with Gasteiger partial charge in [0.1, 0.15) is 5.76 Å². The molecule has 0 aliphatic rings. The second-order valence-electron chi connectivity index (χ2n) is 4.52. The number of nitrogens with two attached hydrogens (primary N) is 1. The maximum Gasteiger partial charge on any atom is 0.169 e. The van der Waals surface area contributed by atoms with Gasteiger partial charge in [-0.2, -0.15) is 5.26 Å². The second-order valence-corrected chi connectivity index (χ2v) is 4.52. The average Bonchev–Trinajstić information content (AvgIpc) is 2.92. The van der Waals surface area contributed by atoms with Crippen LogP contribution in [0.5, 0.6) is 0 Å². The molecule has 0 spiro atoms. The molecule has 0 aliphatic carbocycles. The molecule has 2 aromatic carbocycles. The molecule has 0 bridgehead atoms. The highest BCUT2D eigenvalue weighted by molar-refractivity contribution is 5.78. The molecule has 1 aromatic heterocycles. The fourth-order valence-corrected chi connectivity index (χ4v) is 2.13. The van der Waals surface area contributed by atoms with Crippen molar-refractivity contribution in [3.05, 3.63) is 71.2 Å². The van der Waals surface area contributed by atoms with Crippen LogP contribution in [0.4, 0.5) is 4.39 Å². The fraction of sp³-hybridized carbons (Fsp3) is 0.0625. The number of rotatable bonds is 2. The first-order valence-electron chi connectivity index (χ1n) is 6.12. The molecular weight excluding hydrogens is 255 g/mol. The third-order valence-corrected chi connectivity index (χ3v) is 3.22. The zero-order valence-electron chi connectivity index (χ0n) is 10.5.